The van der Waals surface area contributed by atoms with Crippen LogP contribution < -0.4 is 15.4 Å². The van der Waals surface area contributed by atoms with E-state index in [2.05, 4.69) is 15.0 Å². The van der Waals surface area contributed by atoms with Crippen LogP contribution in [0.3, 0.4) is 0 Å². The molecule has 0 aliphatic carbocycles. The number of aliphatic imine (C=N–C) groups is 1. The van der Waals surface area contributed by atoms with E-state index in [4.69, 9.17) is 19.9 Å². The van der Waals surface area contributed by atoms with Gasteiger partial charge in [0.1, 0.15) is 24.0 Å². The Kier molecular flexibility index (Phi) is 6.71. The zero-order valence-corrected chi connectivity index (χ0v) is 21.8. The number of hydrogen-bond acceptors (Lipinski definition) is 9. The predicted molar refractivity (Wildman–Crippen MR) is 135 cm³/mol. The summed E-state index contributed by atoms with van der Waals surface area (Å²) in [6.07, 6.45) is -7.55. The summed E-state index contributed by atoms with van der Waals surface area (Å²) < 4.78 is 114. The molecule has 0 radical (unpaired) electrons. The van der Waals surface area contributed by atoms with Gasteiger partial charge in [-0.15, -0.1) is 0 Å². The molecular formula is C27H20F7N5O4. The first kappa shape index (κ1) is 28.6. The lowest BCUT2D eigenvalue weighted by molar-refractivity contribution is -0.234. The first-order valence-electron chi connectivity index (χ1n) is 12.8. The normalized spacial score (nSPS) is 22.7. The summed E-state index contributed by atoms with van der Waals surface area (Å²) >= 11 is 0. The Morgan fingerprint density at radius 1 is 1.07 bits per heavy atom. The molecule has 226 valence electrons. The number of hydrogen-bond donors (Lipinski definition) is 1. The maximum Gasteiger partial charge on any atom is 0.491 e. The van der Waals surface area contributed by atoms with E-state index in [0.717, 1.165) is 0 Å². The SMILES string of the molecule is NC1=NC2(c3cc(-c4cccnc4F)ccc3Oc3c2cc(N2CCC(F)(F)CC2)nc3F)[C@H](OC(=O)C(F)(F)F)OC1. The zero-order valence-electron chi connectivity index (χ0n) is 21.8. The minimum Gasteiger partial charge on any atom is -0.452 e. The molecule has 2 atom stereocenters. The van der Waals surface area contributed by atoms with Crippen molar-refractivity contribution in [3.63, 3.8) is 0 Å². The number of fused-ring (bicyclic) bond motifs is 4. The molecule has 3 aliphatic heterocycles. The van der Waals surface area contributed by atoms with Crippen molar-refractivity contribution in [1.82, 2.24) is 9.97 Å². The number of benzene rings is 1. The van der Waals surface area contributed by atoms with Crippen molar-refractivity contribution in [1.29, 1.82) is 0 Å². The molecule has 0 amide bonds. The molecule has 3 aliphatic rings. The summed E-state index contributed by atoms with van der Waals surface area (Å²) in [5, 5.41) is 0. The number of nitrogens with zero attached hydrogens (tertiary/aromatic N) is 4. The molecule has 0 bridgehead atoms. The van der Waals surface area contributed by atoms with E-state index in [1.165, 1.54) is 47.5 Å². The summed E-state index contributed by atoms with van der Waals surface area (Å²) in [6.45, 7) is -1.01. The Bertz CT molecular complexity index is 1640. The second-order valence-corrected chi connectivity index (χ2v) is 10.1. The van der Waals surface area contributed by atoms with Crippen LogP contribution in [-0.2, 0) is 19.8 Å². The summed E-state index contributed by atoms with van der Waals surface area (Å²) in [5.41, 5.74) is 3.38. The Morgan fingerprint density at radius 3 is 2.51 bits per heavy atom. The van der Waals surface area contributed by atoms with Crippen molar-refractivity contribution < 1.29 is 49.7 Å². The first-order valence-corrected chi connectivity index (χ1v) is 12.8. The van der Waals surface area contributed by atoms with Gasteiger partial charge in [-0.2, -0.15) is 26.9 Å². The number of rotatable bonds is 3. The van der Waals surface area contributed by atoms with Crippen LogP contribution in [0.25, 0.3) is 11.1 Å². The molecule has 43 heavy (non-hydrogen) atoms. The Morgan fingerprint density at radius 2 is 1.81 bits per heavy atom. The molecular weight excluding hydrogens is 591 g/mol. The number of carbonyl (C=O) groups excluding carboxylic acids is 1. The second kappa shape index (κ2) is 10.1. The second-order valence-electron chi connectivity index (χ2n) is 10.1. The molecule has 2 N–H and O–H groups in total. The van der Waals surface area contributed by atoms with Crippen LogP contribution >= 0.6 is 0 Å². The van der Waals surface area contributed by atoms with Crippen molar-refractivity contribution in [2.75, 3.05) is 24.6 Å². The maximum atomic E-state index is 15.7. The molecule has 1 unspecified atom stereocenters. The number of pyridine rings is 2. The van der Waals surface area contributed by atoms with E-state index in [1.807, 2.05) is 0 Å². The monoisotopic (exact) mass is 611 g/mol. The lowest BCUT2D eigenvalue weighted by Gasteiger charge is -2.44. The van der Waals surface area contributed by atoms with Gasteiger partial charge in [0.15, 0.2) is 11.3 Å². The van der Waals surface area contributed by atoms with E-state index < -0.39 is 67.0 Å². The average molecular weight is 611 g/mol. The van der Waals surface area contributed by atoms with Crippen LogP contribution in [0.2, 0.25) is 0 Å². The number of carbonyl (C=O) groups is 1. The number of piperidine rings is 1. The van der Waals surface area contributed by atoms with Crippen LogP contribution in [0.5, 0.6) is 11.5 Å². The van der Waals surface area contributed by atoms with E-state index in [-0.39, 0.29) is 52.7 Å². The number of anilines is 1. The van der Waals surface area contributed by atoms with Gasteiger partial charge in [-0.1, -0.05) is 6.07 Å². The third kappa shape index (κ3) is 4.98. The van der Waals surface area contributed by atoms with Gasteiger partial charge in [0, 0.05) is 48.8 Å². The number of esters is 1. The molecule has 6 rings (SSSR count). The first-order chi connectivity index (χ1) is 20.3. The minimum atomic E-state index is -5.46. The molecule has 1 spiro atoms. The highest BCUT2D eigenvalue weighted by Gasteiger charge is 2.57. The molecule has 0 saturated carbocycles. The number of alkyl halides is 5. The quantitative estimate of drug-likeness (QED) is 0.255. The van der Waals surface area contributed by atoms with E-state index >= 15 is 4.39 Å². The largest absolute Gasteiger partial charge is 0.491 e. The molecule has 1 fully saturated rings. The van der Waals surface area contributed by atoms with Gasteiger partial charge in [-0.25, -0.2) is 23.6 Å². The average Bonchev–Trinajstić information content (AvgIpc) is 2.94. The van der Waals surface area contributed by atoms with Crippen LogP contribution in [0.4, 0.5) is 36.6 Å². The summed E-state index contributed by atoms with van der Waals surface area (Å²) in [4.78, 5) is 25.3. The summed E-state index contributed by atoms with van der Waals surface area (Å²) in [6, 6.07) is 7.98. The molecule has 2 aromatic heterocycles. The fourth-order valence-corrected chi connectivity index (χ4v) is 5.29. The van der Waals surface area contributed by atoms with Crippen LogP contribution in [0.15, 0.2) is 47.6 Å². The highest BCUT2D eigenvalue weighted by molar-refractivity contribution is 5.85. The molecule has 5 heterocycles. The van der Waals surface area contributed by atoms with Crippen molar-refractivity contribution >= 4 is 17.6 Å². The van der Waals surface area contributed by atoms with Gasteiger partial charge in [0.25, 0.3) is 11.9 Å². The van der Waals surface area contributed by atoms with E-state index in [0.29, 0.717) is 0 Å². The topological polar surface area (TPSA) is 112 Å². The molecule has 1 saturated heterocycles. The van der Waals surface area contributed by atoms with Crippen molar-refractivity contribution in [2.24, 2.45) is 10.7 Å². The Hall–Kier alpha value is -4.47. The van der Waals surface area contributed by atoms with Gasteiger partial charge >= 0.3 is 12.1 Å². The van der Waals surface area contributed by atoms with Gasteiger partial charge in [-0.05, 0) is 35.9 Å². The van der Waals surface area contributed by atoms with Crippen LogP contribution in [-0.4, -0.2) is 59.9 Å². The lowest BCUT2D eigenvalue weighted by Crippen LogP contribution is -2.52. The van der Waals surface area contributed by atoms with Gasteiger partial charge < -0.3 is 24.8 Å². The molecule has 16 heteroatoms. The Balaban J connectivity index is 1.59. The molecule has 9 nitrogen and oxygen atoms in total. The summed E-state index contributed by atoms with van der Waals surface area (Å²) in [5.74, 6) is -8.91. The lowest BCUT2D eigenvalue weighted by atomic mass is 9.78. The van der Waals surface area contributed by atoms with E-state index in [9.17, 15) is 31.1 Å². The smallest absolute Gasteiger partial charge is 0.452 e. The number of halogens is 7. The van der Waals surface area contributed by atoms with Gasteiger partial charge in [0.2, 0.25) is 12.2 Å². The number of amidine groups is 1. The number of nitrogens with two attached hydrogens (primary N) is 1. The van der Waals surface area contributed by atoms with Crippen molar-refractivity contribution in [2.45, 2.75) is 36.8 Å². The highest BCUT2D eigenvalue weighted by atomic mass is 19.4. The fraction of sp³-hybridized carbons (Fsp3) is 0.333. The zero-order chi connectivity index (χ0) is 30.7. The van der Waals surface area contributed by atoms with Crippen molar-refractivity contribution in [3.05, 3.63) is 65.6 Å². The Labute approximate surface area is 238 Å². The summed E-state index contributed by atoms with van der Waals surface area (Å²) in [7, 11) is 0. The van der Waals surface area contributed by atoms with Gasteiger partial charge in [0.05, 0.1) is 0 Å². The van der Waals surface area contributed by atoms with E-state index in [1.54, 1.807) is 0 Å². The third-order valence-corrected chi connectivity index (χ3v) is 7.31. The van der Waals surface area contributed by atoms with Crippen LogP contribution in [0.1, 0.15) is 24.0 Å². The highest BCUT2D eigenvalue weighted by Crippen LogP contribution is 2.55. The van der Waals surface area contributed by atoms with Gasteiger partial charge in [-0.3, -0.25) is 0 Å². The maximum absolute atomic E-state index is 15.7. The third-order valence-electron chi connectivity index (χ3n) is 7.31. The number of aromatic nitrogens is 2. The van der Waals surface area contributed by atoms with Crippen LogP contribution in [0, 0.1) is 11.9 Å². The molecule has 3 aromatic rings. The predicted octanol–water partition coefficient (Wildman–Crippen LogP) is 4.83. The molecule has 1 aromatic carbocycles. The standard InChI is InChI=1S/C27H20F7N5O4/c28-21-14(2-1-7-36-21)13-3-4-17-15(10-13)26(24(41-12-18(35)38-26)43-23(40)27(32,33)34)16-11-19(37-22(29)20(16)42-17)39-8-5-25(30,31)6-9-39/h1-4,7,10-11,24H,5-6,8-9,12H2,(H2,35,38)/t24-,26?/m0/s1. The number of ether oxygens (including phenoxy) is 3. The minimum absolute atomic E-state index is 0.0143. The van der Waals surface area contributed by atoms with Crippen molar-refractivity contribution in [3.8, 4) is 22.6 Å². The fourth-order valence-electron chi connectivity index (χ4n) is 5.29.